The van der Waals surface area contributed by atoms with Crippen LogP contribution in [0.25, 0.3) is 43.4 Å². The van der Waals surface area contributed by atoms with Crippen LogP contribution in [0.3, 0.4) is 0 Å². The molecule has 0 saturated heterocycles. The Kier molecular flexibility index (Phi) is 4.85. The lowest BCUT2D eigenvalue weighted by Crippen LogP contribution is -1.92. The molecule has 1 heteroatoms. The van der Waals surface area contributed by atoms with E-state index >= 15 is 0 Å². The van der Waals surface area contributed by atoms with E-state index in [0.717, 1.165) is 22.3 Å². The normalized spacial score (nSPS) is 11.4. The number of rotatable bonds is 3. The predicted octanol–water partition coefficient (Wildman–Crippen LogP) is 9.53. The fourth-order valence-corrected chi connectivity index (χ4v) is 5.09. The zero-order valence-electron chi connectivity index (χ0n) is 19.7. The fraction of sp³-hybridized carbons (Fsp3) is 0.0909. The zero-order valence-corrected chi connectivity index (χ0v) is 19.7. The molecule has 0 N–H and O–H groups in total. The summed E-state index contributed by atoms with van der Waals surface area (Å²) < 4.78 is 6.58. The summed E-state index contributed by atoms with van der Waals surface area (Å²) >= 11 is 0. The molecular formula is C33H26O. The van der Waals surface area contributed by atoms with Gasteiger partial charge in [0.15, 0.2) is 0 Å². The highest BCUT2D eigenvalue weighted by atomic mass is 16.5. The summed E-state index contributed by atoms with van der Waals surface area (Å²) in [6, 6.07) is 36.8. The molecule has 0 amide bonds. The largest absolute Gasteiger partial charge is 0.456 e. The lowest BCUT2D eigenvalue weighted by Gasteiger charge is -2.16. The Hall–Kier alpha value is -4.10. The van der Waals surface area contributed by atoms with Gasteiger partial charge in [-0.2, -0.15) is 0 Å². The van der Waals surface area contributed by atoms with Gasteiger partial charge in [0.2, 0.25) is 0 Å². The molecule has 0 bridgehead atoms. The summed E-state index contributed by atoms with van der Waals surface area (Å²) in [7, 11) is 0. The first-order valence-corrected chi connectivity index (χ1v) is 11.8. The van der Waals surface area contributed by atoms with Crippen molar-refractivity contribution in [1.29, 1.82) is 0 Å². The highest BCUT2D eigenvalue weighted by molar-refractivity contribution is 6.08. The van der Waals surface area contributed by atoms with E-state index in [9.17, 15) is 0 Å². The SMILES string of the molecule is Cc1ccc2c(Oc3cccc4c(-c5cccc6cc(C)ccc56)c(C)ccc34)cccc2c1. The quantitative estimate of drug-likeness (QED) is 0.267. The molecule has 34 heavy (non-hydrogen) atoms. The second-order valence-corrected chi connectivity index (χ2v) is 9.22. The molecule has 6 aromatic carbocycles. The lowest BCUT2D eigenvalue weighted by atomic mass is 9.90. The molecule has 0 heterocycles. The van der Waals surface area contributed by atoms with Crippen molar-refractivity contribution in [2.75, 3.05) is 0 Å². The van der Waals surface area contributed by atoms with Gasteiger partial charge >= 0.3 is 0 Å². The Bertz CT molecular complexity index is 1710. The predicted molar refractivity (Wildman–Crippen MR) is 145 cm³/mol. The van der Waals surface area contributed by atoms with Crippen LogP contribution in [-0.2, 0) is 0 Å². The molecular weight excluding hydrogens is 412 g/mol. The summed E-state index contributed by atoms with van der Waals surface area (Å²) in [5.41, 5.74) is 6.32. The van der Waals surface area contributed by atoms with Crippen LogP contribution in [0.2, 0.25) is 0 Å². The first-order chi connectivity index (χ1) is 16.6. The lowest BCUT2D eigenvalue weighted by molar-refractivity contribution is 0.494. The van der Waals surface area contributed by atoms with E-state index in [-0.39, 0.29) is 0 Å². The van der Waals surface area contributed by atoms with Crippen LogP contribution >= 0.6 is 0 Å². The van der Waals surface area contributed by atoms with E-state index in [4.69, 9.17) is 4.74 Å². The summed E-state index contributed by atoms with van der Waals surface area (Å²) in [5, 5.41) is 7.20. The third kappa shape index (κ3) is 3.41. The van der Waals surface area contributed by atoms with E-state index in [0.29, 0.717) is 0 Å². The zero-order chi connectivity index (χ0) is 23.2. The molecule has 0 radical (unpaired) electrons. The van der Waals surface area contributed by atoms with Crippen molar-refractivity contribution in [2.45, 2.75) is 20.8 Å². The van der Waals surface area contributed by atoms with Gasteiger partial charge in [0, 0.05) is 10.8 Å². The Balaban J connectivity index is 1.55. The van der Waals surface area contributed by atoms with Crippen LogP contribution in [0.5, 0.6) is 11.5 Å². The summed E-state index contributed by atoms with van der Waals surface area (Å²) in [5.74, 6) is 1.76. The number of fused-ring (bicyclic) bond motifs is 3. The van der Waals surface area contributed by atoms with Crippen LogP contribution in [0, 0.1) is 20.8 Å². The van der Waals surface area contributed by atoms with Crippen LogP contribution in [0.4, 0.5) is 0 Å². The molecule has 0 aliphatic heterocycles. The van der Waals surface area contributed by atoms with Crippen molar-refractivity contribution >= 4 is 32.3 Å². The van der Waals surface area contributed by atoms with Gasteiger partial charge in [-0.3, -0.25) is 0 Å². The van der Waals surface area contributed by atoms with Gasteiger partial charge < -0.3 is 4.74 Å². The van der Waals surface area contributed by atoms with Crippen molar-refractivity contribution < 1.29 is 4.74 Å². The molecule has 1 nitrogen and oxygen atoms in total. The Morgan fingerprint density at radius 1 is 0.471 bits per heavy atom. The van der Waals surface area contributed by atoms with Gasteiger partial charge in [-0.15, -0.1) is 0 Å². The topological polar surface area (TPSA) is 9.23 Å². The fourth-order valence-electron chi connectivity index (χ4n) is 5.09. The van der Waals surface area contributed by atoms with Crippen LogP contribution < -0.4 is 4.74 Å². The van der Waals surface area contributed by atoms with E-state index in [2.05, 4.69) is 124 Å². The van der Waals surface area contributed by atoms with Gasteiger partial charge in [-0.1, -0.05) is 102 Å². The van der Waals surface area contributed by atoms with Gasteiger partial charge in [0.05, 0.1) is 0 Å². The third-order valence-electron chi connectivity index (χ3n) is 6.75. The number of hydrogen-bond donors (Lipinski definition) is 0. The summed E-state index contributed by atoms with van der Waals surface area (Å²) in [6.45, 7) is 6.46. The van der Waals surface area contributed by atoms with E-state index in [1.165, 1.54) is 49.4 Å². The number of aryl methyl sites for hydroxylation is 3. The molecule has 164 valence electrons. The molecule has 6 aromatic rings. The molecule has 0 unspecified atom stereocenters. The Labute approximate surface area is 200 Å². The minimum Gasteiger partial charge on any atom is -0.456 e. The smallest absolute Gasteiger partial charge is 0.135 e. The first kappa shape index (κ1) is 20.5. The number of ether oxygens (including phenoxy) is 1. The average Bonchev–Trinajstić information content (AvgIpc) is 2.83. The molecule has 0 aliphatic carbocycles. The standard InChI is InChI=1S/C33H26O/c1-21-13-16-26-24(19-21)7-4-9-29(26)33-23(3)15-18-28-30(33)10-6-12-32(28)34-31-11-5-8-25-20-22(2)14-17-27(25)31/h4-20H,1-3H3. The molecule has 0 fully saturated rings. The maximum Gasteiger partial charge on any atom is 0.135 e. The van der Waals surface area contributed by atoms with Crippen molar-refractivity contribution in [1.82, 2.24) is 0 Å². The maximum atomic E-state index is 6.58. The van der Waals surface area contributed by atoms with Crippen molar-refractivity contribution in [2.24, 2.45) is 0 Å². The minimum atomic E-state index is 0.878. The van der Waals surface area contributed by atoms with Crippen LogP contribution in [0.15, 0.2) is 103 Å². The maximum absolute atomic E-state index is 6.58. The van der Waals surface area contributed by atoms with E-state index < -0.39 is 0 Å². The second-order valence-electron chi connectivity index (χ2n) is 9.22. The van der Waals surface area contributed by atoms with Crippen LogP contribution in [-0.4, -0.2) is 0 Å². The van der Waals surface area contributed by atoms with E-state index in [1.807, 2.05) is 0 Å². The van der Waals surface area contributed by atoms with Crippen molar-refractivity contribution in [3.63, 3.8) is 0 Å². The third-order valence-corrected chi connectivity index (χ3v) is 6.75. The molecule has 0 aliphatic rings. The molecule has 0 aromatic heterocycles. The highest BCUT2D eigenvalue weighted by Gasteiger charge is 2.14. The Morgan fingerprint density at radius 2 is 1.06 bits per heavy atom. The second kappa shape index (κ2) is 8.04. The van der Waals surface area contributed by atoms with Crippen molar-refractivity contribution in [3.05, 3.63) is 120 Å². The summed E-state index contributed by atoms with van der Waals surface area (Å²) in [6.07, 6.45) is 0. The first-order valence-electron chi connectivity index (χ1n) is 11.8. The molecule has 0 atom stereocenters. The number of benzene rings is 6. The monoisotopic (exact) mass is 438 g/mol. The van der Waals surface area contributed by atoms with E-state index in [1.54, 1.807) is 0 Å². The Morgan fingerprint density at radius 3 is 1.82 bits per heavy atom. The molecule has 0 spiro atoms. The minimum absolute atomic E-state index is 0.878. The summed E-state index contributed by atoms with van der Waals surface area (Å²) in [4.78, 5) is 0. The van der Waals surface area contributed by atoms with Gasteiger partial charge in [-0.05, 0) is 71.1 Å². The van der Waals surface area contributed by atoms with Crippen LogP contribution in [0.1, 0.15) is 16.7 Å². The molecule has 6 rings (SSSR count). The van der Waals surface area contributed by atoms with Crippen molar-refractivity contribution in [3.8, 4) is 22.6 Å². The van der Waals surface area contributed by atoms with Gasteiger partial charge in [-0.25, -0.2) is 0 Å². The highest BCUT2D eigenvalue weighted by Crippen LogP contribution is 2.41. The average molecular weight is 439 g/mol. The number of hydrogen-bond acceptors (Lipinski definition) is 1. The van der Waals surface area contributed by atoms with Gasteiger partial charge in [0.25, 0.3) is 0 Å². The molecule has 0 saturated carbocycles. The van der Waals surface area contributed by atoms with Gasteiger partial charge in [0.1, 0.15) is 11.5 Å².